The Bertz CT molecular complexity index is 511. The minimum atomic E-state index is -1.36. The van der Waals surface area contributed by atoms with Gasteiger partial charge in [0.2, 0.25) is 0 Å². The van der Waals surface area contributed by atoms with Crippen molar-refractivity contribution in [3.63, 3.8) is 0 Å². The fraction of sp³-hybridized carbons (Fsp3) is 0.429. The van der Waals surface area contributed by atoms with Crippen LogP contribution in [0.1, 0.15) is 35.9 Å². The minimum Gasteiger partial charge on any atom is -0.496 e. The van der Waals surface area contributed by atoms with Gasteiger partial charge in [-0.3, -0.25) is 4.79 Å². The van der Waals surface area contributed by atoms with E-state index >= 15 is 0 Å². The van der Waals surface area contributed by atoms with Crippen LogP contribution in [-0.2, 0) is 9.53 Å². The average molecular weight is 284 g/mol. The summed E-state index contributed by atoms with van der Waals surface area (Å²) in [6, 6.07) is 2.62. The number of ether oxygens (including phenoxy) is 3. The number of methoxy groups -OCH3 is 2. The van der Waals surface area contributed by atoms with Gasteiger partial charge in [-0.15, -0.1) is 0 Å². The Labute approximate surface area is 116 Å². The third kappa shape index (κ3) is 3.26. The molecule has 1 rings (SSSR count). The van der Waals surface area contributed by atoms with E-state index in [4.69, 9.17) is 9.47 Å². The Morgan fingerprint density at radius 3 is 2.25 bits per heavy atom. The van der Waals surface area contributed by atoms with Crippen LogP contribution in [0.2, 0.25) is 0 Å². The zero-order valence-electron chi connectivity index (χ0n) is 11.9. The van der Waals surface area contributed by atoms with E-state index in [9.17, 15) is 14.0 Å². The highest BCUT2D eigenvalue weighted by atomic mass is 19.1. The number of esters is 1. The molecule has 0 aliphatic heterocycles. The summed E-state index contributed by atoms with van der Waals surface area (Å²) < 4.78 is 28.3. The molecule has 0 bridgehead atoms. The lowest BCUT2D eigenvalue weighted by atomic mass is 10.0. The van der Waals surface area contributed by atoms with Crippen LogP contribution in [-0.4, -0.2) is 32.6 Å². The van der Waals surface area contributed by atoms with Crippen LogP contribution in [0.3, 0.4) is 0 Å². The Morgan fingerprint density at radius 1 is 1.20 bits per heavy atom. The van der Waals surface area contributed by atoms with Gasteiger partial charge >= 0.3 is 5.97 Å². The number of rotatable bonds is 6. The van der Waals surface area contributed by atoms with Crippen molar-refractivity contribution in [1.29, 1.82) is 0 Å². The molecule has 1 unspecified atom stereocenters. The predicted octanol–water partition coefficient (Wildman–Crippen LogP) is 2.48. The molecule has 0 N–H and O–H groups in total. The molecule has 1 aromatic carbocycles. The summed E-state index contributed by atoms with van der Waals surface area (Å²) in [5.41, 5.74) is 0.118. The molecule has 0 heterocycles. The van der Waals surface area contributed by atoms with Gasteiger partial charge in [0, 0.05) is 11.6 Å². The Hall–Kier alpha value is -2.11. The first-order valence-electron chi connectivity index (χ1n) is 6.07. The lowest BCUT2D eigenvalue weighted by Gasteiger charge is -2.14. The number of carbonyl (C=O) groups excluding carboxylic acids is 2. The minimum absolute atomic E-state index is 0.0498. The maximum atomic E-state index is 13.6. The third-order valence-electron chi connectivity index (χ3n) is 2.69. The van der Waals surface area contributed by atoms with Crippen LogP contribution in [0, 0.1) is 0 Å². The van der Waals surface area contributed by atoms with Gasteiger partial charge in [0.25, 0.3) is 5.78 Å². The van der Waals surface area contributed by atoms with Crippen LogP contribution in [0.25, 0.3) is 0 Å². The highest BCUT2D eigenvalue weighted by molar-refractivity contribution is 6.41. The second-order valence-electron chi connectivity index (χ2n) is 3.96. The van der Waals surface area contributed by atoms with E-state index in [1.165, 1.54) is 33.3 Å². The molecule has 0 aliphatic rings. The molecule has 5 nitrogen and oxygen atoms in total. The van der Waals surface area contributed by atoms with E-state index in [1.54, 1.807) is 6.92 Å². The lowest BCUT2D eigenvalue weighted by Crippen LogP contribution is -2.18. The van der Waals surface area contributed by atoms with Gasteiger partial charge < -0.3 is 14.2 Å². The number of Topliss-reactive ketones (excluding diaryl/α,β-unsaturated/α-hetero) is 1. The first-order chi connectivity index (χ1) is 9.46. The molecule has 110 valence electrons. The maximum absolute atomic E-state index is 13.6. The SMILES string of the molecule is CCOC(=O)C(=O)c1cc(C(C)F)c(OC)cc1OC. The zero-order chi connectivity index (χ0) is 15.3. The monoisotopic (exact) mass is 284 g/mol. The molecule has 0 saturated carbocycles. The highest BCUT2D eigenvalue weighted by Gasteiger charge is 2.25. The number of hydrogen-bond donors (Lipinski definition) is 0. The van der Waals surface area contributed by atoms with E-state index in [-0.39, 0.29) is 29.2 Å². The van der Waals surface area contributed by atoms with Crippen molar-refractivity contribution in [1.82, 2.24) is 0 Å². The largest absolute Gasteiger partial charge is 0.496 e. The number of ketones is 1. The van der Waals surface area contributed by atoms with Crippen molar-refractivity contribution in [3.8, 4) is 11.5 Å². The summed E-state index contributed by atoms with van der Waals surface area (Å²) in [6.07, 6.45) is -1.36. The van der Waals surface area contributed by atoms with Crippen molar-refractivity contribution in [2.24, 2.45) is 0 Å². The lowest BCUT2D eigenvalue weighted by molar-refractivity contribution is -0.137. The standard InChI is InChI=1S/C14H17FO5/c1-5-20-14(17)13(16)10-6-9(8(2)15)11(18-3)7-12(10)19-4/h6-8H,5H2,1-4H3. The van der Waals surface area contributed by atoms with Crippen LogP contribution >= 0.6 is 0 Å². The molecular weight excluding hydrogens is 267 g/mol. The van der Waals surface area contributed by atoms with Gasteiger partial charge in [-0.1, -0.05) is 0 Å². The third-order valence-corrected chi connectivity index (χ3v) is 2.69. The predicted molar refractivity (Wildman–Crippen MR) is 70.0 cm³/mol. The Morgan fingerprint density at radius 2 is 1.80 bits per heavy atom. The second kappa shape index (κ2) is 6.88. The quantitative estimate of drug-likeness (QED) is 0.456. The van der Waals surface area contributed by atoms with E-state index < -0.39 is 17.9 Å². The first-order valence-corrected chi connectivity index (χ1v) is 6.07. The van der Waals surface area contributed by atoms with Gasteiger partial charge in [0.1, 0.15) is 17.7 Å². The Kier molecular flexibility index (Phi) is 5.49. The molecule has 0 fully saturated rings. The van der Waals surface area contributed by atoms with Gasteiger partial charge in [-0.2, -0.15) is 0 Å². The summed E-state index contributed by atoms with van der Waals surface area (Å²) in [6.45, 7) is 2.98. The van der Waals surface area contributed by atoms with Gasteiger partial charge in [-0.05, 0) is 19.9 Å². The van der Waals surface area contributed by atoms with E-state index in [0.29, 0.717) is 0 Å². The van der Waals surface area contributed by atoms with Crippen molar-refractivity contribution < 1.29 is 28.2 Å². The number of hydrogen-bond acceptors (Lipinski definition) is 5. The number of alkyl halides is 1. The molecular formula is C14H17FO5. The summed E-state index contributed by atoms with van der Waals surface area (Å²) in [7, 11) is 2.72. The molecule has 20 heavy (non-hydrogen) atoms. The molecule has 0 aliphatic carbocycles. The van der Waals surface area contributed by atoms with Crippen molar-refractivity contribution in [2.75, 3.05) is 20.8 Å². The van der Waals surface area contributed by atoms with E-state index in [2.05, 4.69) is 4.74 Å². The summed E-state index contributed by atoms with van der Waals surface area (Å²) in [4.78, 5) is 23.5. The molecule has 0 aromatic heterocycles. The normalized spacial score (nSPS) is 11.7. The van der Waals surface area contributed by atoms with Gasteiger partial charge in [0.15, 0.2) is 0 Å². The van der Waals surface area contributed by atoms with E-state index in [0.717, 1.165) is 0 Å². The first kappa shape index (κ1) is 15.9. The average Bonchev–Trinajstić information content (AvgIpc) is 2.44. The topological polar surface area (TPSA) is 61.8 Å². The fourth-order valence-corrected chi connectivity index (χ4v) is 1.72. The molecule has 0 radical (unpaired) electrons. The van der Waals surface area contributed by atoms with Gasteiger partial charge in [0.05, 0.1) is 26.4 Å². The van der Waals surface area contributed by atoms with Crippen molar-refractivity contribution in [2.45, 2.75) is 20.0 Å². The number of halogens is 1. The molecule has 0 spiro atoms. The molecule has 0 saturated heterocycles. The fourth-order valence-electron chi connectivity index (χ4n) is 1.72. The number of benzene rings is 1. The second-order valence-corrected chi connectivity index (χ2v) is 3.96. The Balaban J connectivity index is 3.34. The van der Waals surface area contributed by atoms with Crippen LogP contribution in [0.5, 0.6) is 11.5 Å². The highest BCUT2D eigenvalue weighted by Crippen LogP contribution is 2.34. The van der Waals surface area contributed by atoms with Crippen LogP contribution in [0.15, 0.2) is 12.1 Å². The van der Waals surface area contributed by atoms with E-state index in [1.807, 2.05) is 0 Å². The zero-order valence-corrected chi connectivity index (χ0v) is 11.9. The van der Waals surface area contributed by atoms with Crippen LogP contribution in [0.4, 0.5) is 4.39 Å². The molecule has 1 atom stereocenters. The summed E-state index contributed by atoms with van der Waals surface area (Å²) >= 11 is 0. The maximum Gasteiger partial charge on any atom is 0.379 e. The number of carbonyl (C=O) groups is 2. The summed E-state index contributed by atoms with van der Waals surface area (Å²) in [5, 5.41) is 0. The smallest absolute Gasteiger partial charge is 0.379 e. The van der Waals surface area contributed by atoms with Crippen LogP contribution < -0.4 is 9.47 Å². The van der Waals surface area contributed by atoms with Gasteiger partial charge in [-0.25, -0.2) is 9.18 Å². The summed E-state index contributed by atoms with van der Waals surface area (Å²) in [5.74, 6) is -1.51. The molecule has 0 amide bonds. The molecule has 6 heteroatoms. The molecule has 1 aromatic rings. The van der Waals surface area contributed by atoms with Crippen molar-refractivity contribution >= 4 is 11.8 Å². The van der Waals surface area contributed by atoms with Crippen molar-refractivity contribution in [3.05, 3.63) is 23.3 Å².